The molecule has 4 rings (SSSR count). The first-order valence-corrected chi connectivity index (χ1v) is 10.7. The van der Waals surface area contributed by atoms with Gasteiger partial charge < -0.3 is 10.2 Å². The second-order valence-corrected chi connectivity index (χ2v) is 7.88. The molecule has 1 amide bonds. The zero-order chi connectivity index (χ0) is 20.8. The van der Waals surface area contributed by atoms with Crippen LogP contribution in [-0.4, -0.2) is 38.1 Å². The molecule has 0 unspecified atom stereocenters. The molecule has 1 aliphatic heterocycles. The molecule has 2 aromatic carbocycles. The van der Waals surface area contributed by atoms with Gasteiger partial charge in [0.15, 0.2) is 6.04 Å². The van der Waals surface area contributed by atoms with Crippen LogP contribution in [0.4, 0.5) is 5.82 Å². The number of nitrogens with zero attached hydrogens (tertiary/aromatic N) is 1. The molecule has 0 radical (unpaired) electrons. The van der Waals surface area contributed by atoms with Gasteiger partial charge in [0.25, 0.3) is 11.7 Å². The summed E-state index contributed by atoms with van der Waals surface area (Å²) in [6.07, 6.45) is 1.96. The van der Waals surface area contributed by atoms with Crippen LogP contribution < -0.4 is 20.1 Å². The summed E-state index contributed by atoms with van der Waals surface area (Å²) in [5.41, 5.74) is 2.20. The second kappa shape index (κ2) is 9.55. The zero-order valence-corrected chi connectivity index (χ0v) is 17.4. The molecule has 5 heteroatoms. The van der Waals surface area contributed by atoms with E-state index in [0.29, 0.717) is 0 Å². The summed E-state index contributed by atoms with van der Waals surface area (Å²) in [6.45, 7) is 5.81. The number of carbonyl (C=O) groups is 1. The SMILES string of the molecule is C[C@@H](C(=O)NC(c1ccccc1)c1ccccc1)[NH+]1CCN(c2cccc[nH+]2)CC1. The summed E-state index contributed by atoms with van der Waals surface area (Å²) in [5.74, 6) is 1.24. The number of quaternary nitrogens is 1. The number of rotatable bonds is 6. The Morgan fingerprint density at radius 1 is 0.900 bits per heavy atom. The number of pyridine rings is 1. The summed E-state index contributed by atoms with van der Waals surface area (Å²) in [5, 5.41) is 3.31. The molecule has 1 atom stereocenters. The Balaban J connectivity index is 1.42. The number of piperazine rings is 1. The van der Waals surface area contributed by atoms with E-state index in [4.69, 9.17) is 0 Å². The monoisotopic (exact) mass is 402 g/mol. The Labute approximate surface area is 178 Å². The van der Waals surface area contributed by atoms with Crippen LogP contribution in [-0.2, 0) is 4.79 Å². The van der Waals surface area contributed by atoms with Crippen molar-refractivity contribution in [3.8, 4) is 0 Å². The van der Waals surface area contributed by atoms with Gasteiger partial charge in [-0.15, -0.1) is 0 Å². The molecule has 3 N–H and O–H groups in total. The van der Waals surface area contributed by atoms with Crippen LogP contribution in [0, 0.1) is 0 Å². The normalized spacial score (nSPS) is 15.7. The molecule has 1 fully saturated rings. The highest BCUT2D eigenvalue weighted by Crippen LogP contribution is 2.21. The fourth-order valence-electron chi connectivity index (χ4n) is 4.15. The Morgan fingerprint density at radius 2 is 1.47 bits per heavy atom. The summed E-state index contributed by atoms with van der Waals surface area (Å²) >= 11 is 0. The Bertz CT molecular complexity index is 886. The topological polar surface area (TPSA) is 50.9 Å². The quantitative estimate of drug-likeness (QED) is 0.657. The van der Waals surface area contributed by atoms with Crippen molar-refractivity contribution in [3.05, 3.63) is 96.2 Å². The Kier molecular flexibility index (Phi) is 6.40. The minimum atomic E-state index is -0.137. The van der Waals surface area contributed by atoms with Crippen LogP contribution in [0.3, 0.4) is 0 Å². The van der Waals surface area contributed by atoms with E-state index < -0.39 is 0 Å². The molecule has 3 aromatic rings. The number of amides is 1. The first-order valence-electron chi connectivity index (χ1n) is 10.7. The van der Waals surface area contributed by atoms with Gasteiger partial charge in [0.1, 0.15) is 26.2 Å². The molecule has 154 valence electrons. The van der Waals surface area contributed by atoms with Crippen molar-refractivity contribution in [1.82, 2.24) is 5.32 Å². The van der Waals surface area contributed by atoms with Gasteiger partial charge in [-0.1, -0.05) is 66.7 Å². The molecule has 30 heavy (non-hydrogen) atoms. The van der Waals surface area contributed by atoms with Crippen molar-refractivity contribution in [2.45, 2.75) is 19.0 Å². The lowest BCUT2D eigenvalue weighted by molar-refractivity contribution is -0.914. The predicted molar refractivity (Wildman–Crippen MR) is 118 cm³/mol. The average Bonchev–Trinajstić information content (AvgIpc) is 2.83. The first kappa shape index (κ1) is 20.1. The van der Waals surface area contributed by atoms with E-state index in [-0.39, 0.29) is 18.0 Å². The molecule has 0 saturated carbocycles. The summed E-state index contributed by atoms with van der Waals surface area (Å²) in [6, 6.07) is 26.3. The molecule has 0 bridgehead atoms. The van der Waals surface area contributed by atoms with Gasteiger partial charge in [0.05, 0.1) is 12.2 Å². The third-order valence-electron chi connectivity index (χ3n) is 6.00. The van der Waals surface area contributed by atoms with Crippen molar-refractivity contribution in [3.63, 3.8) is 0 Å². The van der Waals surface area contributed by atoms with E-state index in [1.165, 1.54) is 4.90 Å². The van der Waals surface area contributed by atoms with Gasteiger partial charge in [-0.2, -0.15) is 0 Å². The van der Waals surface area contributed by atoms with Gasteiger partial charge in [-0.25, -0.2) is 4.98 Å². The van der Waals surface area contributed by atoms with Gasteiger partial charge in [0, 0.05) is 6.07 Å². The summed E-state index contributed by atoms with van der Waals surface area (Å²) < 4.78 is 0. The van der Waals surface area contributed by atoms with Crippen molar-refractivity contribution >= 4 is 11.7 Å². The van der Waals surface area contributed by atoms with E-state index >= 15 is 0 Å². The van der Waals surface area contributed by atoms with Crippen LogP contribution >= 0.6 is 0 Å². The molecule has 1 saturated heterocycles. The maximum atomic E-state index is 13.2. The molecule has 1 aliphatic rings. The van der Waals surface area contributed by atoms with Crippen LogP contribution in [0.15, 0.2) is 85.1 Å². The van der Waals surface area contributed by atoms with Gasteiger partial charge in [0.2, 0.25) is 0 Å². The number of nitrogens with one attached hydrogen (secondary N) is 3. The van der Waals surface area contributed by atoms with Gasteiger partial charge in [-0.3, -0.25) is 9.69 Å². The third-order valence-corrected chi connectivity index (χ3v) is 6.00. The lowest BCUT2D eigenvalue weighted by Crippen LogP contribution is -3.19. The number of aromatic nitrogens is 1. The molecule has 1 aromatic heterocycles. The van der Waals surface area contributed by atoms with Crippen molar-refractivity contribution in [1.29, 1.82) is 0 Å². The number of benzene rings is 2. The highest BCUT2D eigenvalue weighted by molar-refractivity contribution is 5.80. The van der Waals surface area contributed by atoms with E-state index in [2.05, 4.69) is 51.6 Å². The number of anilines is 1. The van der Waals surface area contributed by atoms with Crippen LogP contribution in [0.25, 0.3) is 0 Å². The van der Waals surface area contributed by atoms with Crippen molar-refractivity contribution in [2.24, 2.45) is 0 Å². The number of H-pyrrole nitrogens is 1. The van der Waals surface area contributed by atoms with Crippen molar-refractivity contribution in [2.75, 3.05) is 31.1 Å². The highest BCUT2D eigenvalue weighted by Gasteiger charge is 2.33. The molecule has 0 aliphatic carbocycles. The molecule has 0 spiro atoms. The van der Waals surface area contributed by atoms with Crippen LogP contribution in [0.5, 0.6) is 0 Å². The molecule has 5 nitrogen and oxygen atoms in total. The lowest BCUT2D eigenvalue weighted by atomic mass is 9.98. The number of carbonyl (C=O) groups excluding carboxylic acids is 1. The Morgan fingerprint density at radius 3 is 2.00 bits per heavy atom. The zero-order valence-electron chi connectivity index (χ0n) is 17.4. The summed E-state index contributed by atoms with van der Waals surface area (Å²) in [7, 11) is 0. The largest absolute Gasteiger partial charge is 0.340 e. The third kappa shape index (κ3) is 4.69. The number of aromatic amines is 1. The maximum Gasteiger partial charge on any atom is 0.278 e. The van der Waals surface area contributed by atoms with Crippen molar-refractivity contribution < 1.29 is 14.7 Å². The number of hydrogen-bond donors (Lipinski definition) is 2. The highest BCUT2D eigenvalue weighted by atomic mass is 16.2. The summed E-state index contributed by atoms with van der Waals surface area (Å²) in [4.78, 5) is 20.2. The molecular formula is C25H30N4O+2. The van der Waals surface area contributed by atoms with Gasteiger partial charge in [-0.05, 0) is 24.1 Å². The maximum absolute atomic E-state index is 13.2. The molecule has 2 heterocycles. The standard InChI is InChI=1S/C25H28N4O/c1-20(28-16-18-29(19-17-28)23-14-8-9-15-26-23)25(30)27-24(21-10-4-2-5-11-21)22-12-6-3-7-13-22/h2-15,20,24H,16-19H2,1H3,(H,27,30)/p+2/t20-/m0/s1. The predicted octanol–water partition coefficient (Wildman–Crippen LogP) is 1.50. The van der Waals surface area contributed by atoms with E-state index in [1.54, 1.807) is 0 Å². The fraction of sp³-hybridized carbons (Fsp3) is 0.280. The first-order chi connectivity index (χ1) is 14.7. The second-order valence-electron chi connectivity index (χ2n) is 7.88. The smallest absolute Gasteiger partial charge is 0.278 e. The minimum absolute atomic E-state index is 0.0955. The molecular weight excluding hydrogens is 372 g/mol. The van der Waals surface area contributed by atoms with Gasteiger partial charge >= 0.3 is 0 Å². The van der Waals surface area contributed by atoms with Crippen LogP contribution in [0.1, 0.15) is 24.1 Å². The van der Waals surface area contributed by atoms with Crippen LogP contribution in [0.2, 0.25) is 0 Å². The lowest BCUT2D eigenvalue weighted by Gasteiger charge is -2.32. The van der Waals surface area contributed by atoms with E-state index in [0.717, 1.165) is 43.1 Å². The minimum Gasteiger partial charge on any atom is -0.340 e. The number of hydrogen-bond acceptors (Lipinski definition) is 2. The Hall–Kier alpha value is -3.18. The fourth-order valence-corrected chi connectivity index (χ4v) is 4.15. The average molecular weight is 403 g/mol. The van der Waals surface area contributed by atoms with E-state index in [9.17, 15) is 4.79 Å². The van der Waals surface area contributed by atoms with E-state index in [1.807, 2.05) is 55.6 Å².